The molecule has 2 bridgehead atoms. The van der Waals surface area contributed by atoms with Gasteiger partial charge in [0.15, 0.2) is 11.6 Å². The van der Waals surface area contributed by atoms with E-state index in [0.717, 1.165) is 25.0 Å². The van der Waals surface area contributed by atoms with Crippen LogP contribution in [-0.4, -0.2) is 57.7 Å². The number of nitrogens with one attached hydrogen (secondary N) is 1. The van der Waals surface area contributed by atoms with Crippen molar-refractivity contribution in [2.45, 2.75) is 74.1 Å². The first-order valence-electron chi connectivity index (χ1n) is 11.6. The first-order chi connectivity index (χ1) is 16.6. The monoisotopic (exact) mass is 529 g/mol. The minimum atomic E-state index is -4.13. The molecule has 0 saturated carbocycles. The van der Waals surface area contributed by atoms with Crippen molar-refractivity contribution in [2.24, 2.45) is 0 Å². The molecule has 2 atom stereocenters. The molecule has 1 aromatic heterocycles. The van der Waals surface area contributed by atoms with Crippen molar-refractivity contribution >= 4 is 33.2 Å². The number of rotatable bonds is 5. The quantitative estimate of drug-likeness (QED) is 0.551. The highest BCUT2D eigenvalue weighted by atomic mass is 35.5. The lowest BCUT2D eigenvalue weighted by Crippen LogP contribution is -2.54. The molecule has 3 N–H and O–H groups in total. The maximum absolute atomic E-state index is 14.0. The number of amides is 1. The molecule has 1 amide bonds. The van der Waals surface area contributed by atoms with Crippen LogP contribution < -0.4 is 5.32 Å². The van der Waals surface area contributed by atoms with Crippen LogP contribution in [0.3, 0.4) is 0 Å². The lowest BCUT2D eigenvalue weighted by atomic mass is 9.88. The van der Waals surface area contributed by atoms with Crippen LogP contribution in [0.4, 0.5) is 14.5 Å². The van der Waals surface area contributed by atoms with E-state index in [1.807, 2.05) is 0 Å². The van der Waals surface area contributed by atoms with Gasteiger partial charge < -0.3 is 20.1 Å². The van der Waals surface area contributed by atoms with E-state index >= 15 is 0 Å². The number of carbonyl (C=O) groups is 1. The second-order valence-corrected chi connectivity index (χ2v) is 11.8. The Morgan fingerprint density at radius 2 is 1.86 bits per heavy atom. The highest BCUT2D eigenvalue weighted by Crippen LogP contribution is 2.46. The summed E-state index contributed by atoms with van der Waals surface area (Å²) in [6, 6.07) is 1.97. The lowest BCUT2D eigenvalue weighted by Gasteiger charge is -2.42. The zero-order chi connectivity index (χ0) is 25.1. The van der Waals surface area contributed by atoms with Crippen molar-refractivity contribution in [1.29, 1.82) is 0 Å². The molecule has 3 aliphatic heterocycles. The largest absolute Gasteiger partial charge is 0.393 e. The fourth-order valence-corrected chi connectivity index (χ4v) is 8.60. The SMILES string of the molecule is O=C(Nc1ccc(F)c(F)c1)c1c(Cl)c(S(=O)(=O)N2C3CCC2CC(O)(CO)C3)c2n1CCCC2. The van der Waals surface area contributed by atoms with E-state index in [4.69, 9.17) is 11.6 Å². The summed E-state index contributed by atoms with van der Waals surface area (Å²) in [5, 5.41) is 22.5. The lowest BCUT2D eigenvalue weighted by molar-refractivity contribution is -0.0663. The molecule has 0 radical (unpaired) electrons. The summed E-state index contributed by atoms with van der Waals surface area (Å²) in [5.74, 6) is -2.90. The number of sulfonamides is 1. The first-order valence-corrected chi connectivity index (χ1v) is 13.4. The van der Waals surface area contributed by atoms with Gasteiger partial charge in [-0.05, 0) is 57.1 Å². The number of aliphatic hydroxyl groups excluding tert-OH is 1. The van der Waals surface area contributed by atoms with Crippen LogP contribution in [0.5, 0.6) is 0 Å². The number of carbonyl (C=O) groups excluding carboxylic acids is 1. The first kappa shape index (κ1) is 24.6. The Hall–Kier alpha value is -2.05. The Balaban J connectivity index is 1.54. The van der Waals surface area contributed by atoms with Gasteiger partial charge in [-0.15, -0.1) is 0 Å². The molecule has 8 nitrogen and oxygen atoms in total. The summed E-state index contributed by atoms with van der Waals surface area (Å²) >= 11 is 6.63. The van der Waals surface area contributed by atoms with Gasteiger partial charge in [0, 0.05) is 36.1 Å². The summed E-state index contributed by atoms with van der Waals surface area (Å²) < 4.78 is 57.9. The molecule has 2 saturated heterocycles. The van der Waals surface area contributed by atoms with Crippen LogP contribution in [0.15, 0.2) is 23.1 Å². The van der Waals surface area contributed by atoms with Gasteiger partial charge in [0.05, 0.1) is 17.2 Å². The van der Waals surface area contributed by atoms with Crippen molar-refractivity contribution in [3.63, 3.8) is 0 Å². The predicted octanol–water partition coefficient (Wildman–Crippen LogP) is 3.05. The zero-order valence-electron chi connectivity index (χ0n) is 18.8. The predicted molar refractivity (Wildman–Crippen MR) is 124 cm³/mol. The molecule has 4 heterocycles. The maximum atomic E-state index is 14.0. The average molecular weight is 530 g/mol. The maximum Gasteiger partial charge on any atom is 0.273 e. The summed E-state index contributed by atoms with van der Waals surface area (Å²) in [5.41, 5.74) is -0.907. The fraction of sp³-hybridized carbons (Fsp3) is 0.522. The van der Waals surface area contributed by atoms with E-state index in [-0.39, 0.29) is 34.1 Å². The Morgan fingerprint density at radius 3 is 2.49 bits per heavy atom. The fourth-order valence-electron chi connectivity index (χ4n) is 5.83. The Morgan fingerprint density at radius 1 is 1.17 bits per heavy atom. The van der Waals surface area contributed by atoms with Gasteiger partial charge >= 0.3 is 0 Å². The smallest absolute Gasteiger partial charge is 0.273 e. The van der Waals surface area contributed by atoms with Gasteiger partial charge in [-0.1, -0.05) is 11.6 Å². The van der Waals surface area contributed by atoms with Crippen molar-refractivity contribution in [3.8, 4) is 0 Å². The third-order valence-electron chi connectivity index (χ3n) is 7.32. The van der Waals surface area contributed by atoms with Crippen LogP contribution in [0.1, 0.15) is 54.7 Å². The number of fused-ring (bicyclic) bond motifs is 3. The van der Waals surface area contributed by atoms with E-state index in [1.165, 1.54) is 10.4 Å². The summed E-state index contributed by atoms with van der Waals surface area (Å²) in [7, 11) is -4.13. The van der Waals surface area contributed by atoms with E-state index in [2.05, 4.69) is 5.32 Å². The standard InChI is InChI=1S/C23H26ClF2N3O5S/c24-19-20(22(31)27-13-4-7-16(25)17(26)9-13)28-8-2-1-3-18(28)21(19)35(33,34)29-14-5-6-15(29)11-23(32,10-14)12-30/h4,7,9,14-15,30,32H,1-3,5-6,8,10-12H2,(H,27,31). The number of piperidine rings is 1. The second kappa shape index (κ2) is 8.81. The molecule has 2 unspecified atom stereocenters. The second-order valence-electron chi connectivity index (χ2n) is 9.64. The highest BCUT2D eigenvalue weighted by Gasteiger charge is 2.53. The molecular formula is C23H26ClF2N3O5S. The van der Waals surface area contributed by atoms with Gasteiger partial charge in [-0.3, -0.25) is 4.79 Å². The van der Waals surface area contributed by atoms with Crippen molar-refractivity contribution < 1.29 is 32.2 Å². The third-order valence-corrected chi connectivity index (χ3v) is 9.90. The third kappa shape index (κ3) is 4.07. The number of aromatic nitrogens is 1. The van der Waals surface area contributed by atoms with E-state index < -0.39 is 51.9 Å². The number of anilines is 1. The Kier molecular flexibility index (Phi) is 6.20. The van der Waals surface area contributed by atoms with Crippen molar-refractivity contribution in [3.05, 3.63) is 46.2 Å². The van der Waals surface area contributed by atoms with Crippen LogP contribution in [0.25, 0.3) is 0 Å². The van der Waals surface area contributed by atoms with Crippen molar-refractivity contribution in [2.75, 3.05) is 11.9 Å². The number of hydrogen-bond acceptors (Lipinski definition) is 5. The van der Waals surface area contributed by atoms with Gasteiger partial charge in [-0.2, -0.15) is 4.31 Å². The molecule has 1 aromatic carbocycles. The molecular weight excluding hydrogens is 504 g/mol. The average Bonchev–Trinajstić information content (AvgIpc) is 3.28. The molecule has 0 aliphatic carbocycles. The minimum Gasteiger partial charge on any atom is -0.393 e. The van der Waals surface area contributed by atoms with Crippen LogP contribution in [-0.2, 0) is 23.0 Å². The number of halogens is 3. The molecule has 35 heavy (non-hydrogen) atoms. The number of hydrogen-bond donors (Lipinski definition) is 3. The summed E-state index contributed by atoms with van der Waals surface area (Å²) in [4.78, 5) is 13.1. The number of nitrogens with zero attached hydrogens (tertiary/aromatic N) is 2. The minimum absolute atomic E-state index is 0.0121. The molecule has 190 valence electrons. The zero-order valence-corrected chi connectivity index (χ0v) is 20.4. The Bertz CT molecular complexity index is 1280. The van der Waals surface area contributed by atoms with Crippen molar-refractivity contribution in [1.82, 2.24) is 8.87 Å². The molecule has 2 aromatic rings. The number of benzene rings is 1. The van der Waals surface area contributed by atoms with Crippen LogP contribution >= 0.6 is 11.6 Å². The van der Waals surface area contributed by atoms with Gasteiger partial charge in [-0.25, -0.2) is 17.2 Å². The normalized spacial score (nSPS) is 26.5. The van der Waals surface area contributed by atoms with Gasteiger partial charge in [0.1, 0.15) is 10.6 Å². The molecule has 5 rings (SSSR count). The summed E-state index contributed by atoms with van der Waals surface area (Å²) in [6.45, 7) is -0.0488. The van der Waals surface area contributed by atoms with Gasteiger partial charge in [0.2, 0.25) is 10.0 Å². The molecule has 3 aliphatic rings. The van der Waals surface area contributed by atoms with E-state index in [1.54, 1.807) is 4.57 Å². The topological polar surface area (TPSA) is 112 Å². The van der Waals surface area contributed by atoms with Crippen LogP contribution in [0, 0.1) is 11.6 Å². The Labute approximate surface area is 206 Å². The molecule has 0 spiro atoms. The number of aliphatic hydroxyl groups is 2. The highest BCUT2D eigenvalue weighted by molar-refractivity contribution is 7.89. The summed E-state index contributed by atoms with van der Waals surface area (Å²) in [6.07, 6.45) is 3.22. The van der Waals surface area contributed by atoms with Crippen LogP contribution in [0.2, 0.25) is 5.02 Å². The molecule has 12 heteroatoms. The molecule has 2 fully saturated rings. The van der Waals surface area contributed by atoms with Gasteiger partial charge in [0.25, 0.3) is 5.91 Å². The van der Waals surface area contributed by atoms with E-state index in [9.17, 15) is 32.2 Å². The van der Waals surface area contributed by atoms with E-state index in [0.29, 0.717) is 31.5 Å².